The Labute approximate surface area is 100 Å². The minimum atomic E-state index is -0.119. The molecule has 5 heteroatoms. The Morgan fingerprint density at radius 1 is 1.19 bits per heavy atom. The van der Waals surface area contributed by atoms with Crippen molar-refractivity contribution in [1.82, 2.24) is 0 Å². The van der Waals surface area contributed by atoms with Gasteiger partial charge in [-0.2, -0.15) is 4.57 Å². The van der Waals surface area contributed by atoms with Crippen LogP contribution in [0, 0.1) is 0 Å². The molecular weight excluding hydrogens is 230 g/mol. The van der Waals surface area contributed by atoms with E-state index in [1.54, 1.807) is 22.8 Å². The van der Waals surface area contributed by atoms with Crippen LogP contribution in [0.4, 0.5) is 0 Å². The number of aliphatic hydroxyl groups is 1. The van der Waals surface area contributed by atoms with Crippen LogP contribution in [-0.4, -0.2) is 23.3 Å². The zero-order valence-corrected chi connectivity index (χ0v) is 9.99. The summed E-state index contributed by atoms with van der Waals surface area (Å²) in [6.45, 7) is 3.03. The fourth-order valence-electron chi connectivity index (χ4n) is 1.50. The number of carbonyl (C=O) groups excluding carboxylic acids is 2. The predicted molar refractivity (Wildman–Crippen MR) is 53.7 cm³/mol. The van der Waals surface area contributed by atoms with Crippen LogP contribution in [0.3, 0.4) is 0 Å². The lowest BCUT2D eigenvalue weighted by atomic mass is 10.2. The summed E-state index contributed by atoms with van der Waals surface area (Å²) < 4.78 is 1.55. The minimum absolute atomic E-state index is 0. The van der Waals surface area contributed by atoms with E-state index in [1.165, 1.54) is 13.8 Å². The first kappa shape index (κ1) is 14.7. The van der Waals surface area contributed by atoms with Crippen LogP contribution in [0.25, 0.3) is 0 Å². The quantitative estimate of drug-likeness (QED) is 0.465. The summed E-state index contributed by atoms with van der Waals surface area (Å²) in [5, 5.41) is 8.89. The number of ketones is 2. The number of carbonyl (C=O) groups is 2. The molecule has 0 amide bonds. The van der Waals surface area contributed by atoms with Crippen molar-refractivity contribution in [3.8, 4) is 0 Å². The maximum absolute atomic E-state index is 11.3. The third-order valence-electron chi connectivity index (χ3n) is 2.13. The lowest BCUT2D eigenvalue weighted by Gasteiger charge is -2.03. The highest BCUT2D eigenvalue weighted by Gasteiger charge is 2.21. The Balaban J connectivity index is 0.00000225. The van der Waals surface area contributed by atoms with E-state index in [4.69, 9.17) is 5.11 Å². The monoisotopic (exact) mass is 243 g/mol. The van der Waals surface area contributed by atoms with Gasteiger partial charge >= 0.3 is 0 Å². The molecule has 0 aliphatic heterocycles. The smallest absolute Gasteiger partial charge is 0.248 e. The second kappa shape index (κ2) is 6.35. The number of halogens is 1. The van der Waals surface area contributed by atoms with Crippen molar-refractivity contribution in [3.05, 3.63) is 29.6 Å². The summed E-state index contributed by atoms with van der Waals surface area (Å²) >= 11 is 0. The first-order valence-electron chi connectivity index (χ1n) is 4.73. The Bertz CT molecular complexity index is 372. The van der Waals surface area contributed by atoms with Crippen LogP contribution in [0.5, 0.6) is 0 Å². The molecule has 0 fully saturated rings. The number of hydrogen-bond acceptors (Lipinski definition) is 3. The van der Waals surface area contributed by atoms with E-state index in [0.717, 1.165) is 0 Å². The molecule has 1 N–H and O–H groups in total. The number of rotatable bonds is 4. The van der Waals surface area contributed by atoms with Gasteiger partial charge < -0.3 is 17.5 Å². The first-order chi connectivity index (χ1) is 7.07. The molecule has 1 heterocycles. The fraction of sp³-hybridized carbons (Fsp3) is 0.364. The maximum Gasteiger partial charge on any atom is 0.248 e. The van der Waals surface area contributed by atoms with Gasteiger partial charge in [0.25, 0.3) is 0 Å². The van der Waals surface area contributed by atoms with Crippen LogP contribution in [0.15, 0.2) is 18.2 Å². The van der Waals surface area contributed by atoms with Gasteiger partial charge in [0.2, 0.25) is 23.0 Å². The molecule has 1 aromatic heterocycles. The van der Waals surface area contributed by atoms with E-state index in [-0.39, 0.29) is 37.1 Å². The number of aromatic nitrogens is 1. The van der Waals surface area contributed by atoms with Crippen molar-refractivity contribution in [3.63, 3.8) is 0 Å². The molecule has 0 saturated carbocycles. The van der Waals surface area contributed by atoms with Crippen LogP contribution in [-0.2, 0) is 6.54 Å². The average Bonchev–Trinajstić information content (AvgIpc) is 2.17. The van der Waals surface area contributed by atoms with Crippen LogP contribution >= 0.6 is 0 Å². The van der Waals surface area contributed by atoms with Crippen LogP contribution in [0.1, 0.15) is 34.8 Å². The van der Waals surface area contributed by atoms with Crippen molar-refractivity contribution >= 4 is 11.6 Å². The number of nitrogens with zero attached hydrogens (tertiary/aromatic N) is 1. The molecule has 0 radical (unpaired) electrons. The normalized spacial score (nSPS) is 9.44. The molecule has 88 valence electrons. The highest BCUT2D eigenvalue weighted by Crippen LogP contribution is 1.99. The number of hydrogen-bond donors (Lipinski definition) is 1. The lowest BCUT2D eigenvalue weighted by Crippen LogP contribution is -3.00. The Kier molecular flexibility index (Phi) is 5.85. The van der Waals surface area contributed by atoms with Crippen molar-refractivity contribution < 1.29 is 31.7 Å². The van der Waals surface area contributed by atoms with Gasteiger partial charge in [-0.25, -0.2) is 0 Å². The fourth-order valence-corrected chi connectivity index (χ4v) is 1.50. The molecule has 0 aliphatic carbocycles. The van der Waals surface area contributed by atoms with E-state index in [2.05, 4.69) is 0 Å². The lowest BCUT2D eigenvalue weighted by molar-refractivity contribution is -0.701. The molecule has 0 saturated heterocycles. The predicted octanol–water partition coefficient (Wildman–Crippen LogP) is -2.62. The molecular formula is C11H14ClNO3. The molecule has 4 nitrogen and oxygen atoms in total. The SMILES string of the molecule is CC(=O)c1cccc(C(C)=O)[n+]1CCO.[Cl-]. The van der Waals surface area contributed by atoms with E-state index in [9.17, 15) is 9.59 Å². The molecule has 16 heavy (non-hydrogen) atoms. The van der Waals surface area contributed by atoms with Gasteiger partial charge in [0, 0.05) is 26.0 Å². The Morgan fingerprint density at radius 3 is 1.94 bits per heavy atom. The summed E-state index contributed by atoms with van der Waals surface area (Å²) in [5.74, 6) is -0.238. The zero-order valence-electron chi connectivity index (χ0n) is 9.24. The molecule has 0 spiro atoms. The van der Waals surface area contributed by atoms with E-state index < -0.39 is 0 Å². The van der Waals surface area contributed by atoms with Gasteiger partial charge in [0.1, 0.15) is 6.61 Å². The second-order valence-electron chi connectivity index (χ2n) is 3.28. The second-order valence-corrected chi connectivity index (χ2v) is 3.28. The average molecular weight is 244 g/mol. The number of pyridine rings is 1. The molecule has 0 bridgehead atoms. The number of aliphatic hydroxyl groups excluding tert-OH is 1. The summed E-state index contributed by atoms with van der Waals surface area (Å²) in [6, 6.07) is 4.95. The van der Waals surface area contributed by atoms with E-state index in [0.29, 0.717) is 11.4 Å². The van der Waals surface area contributed by atoms with Gasteiger partial charge in [-0.3, -0.25) is 9.59 Å². The van der Waals surface area contributed by atoms with Crippen molar-refractivity contribution in [2.24, 2.45) is 0 Å². The highest BCUT2D eigenvalue weighted by atomic mass is 35.5. The van der Waals surface area contributed by atoms with Gasteiger partial charge in [0.15, 0.2) is 6.54 Å². The molecule has 0 aliphatic rings. The van der Waals surface area contributed by atoms with Crippen LogP contribution < -0.4 is 17.0 Å². The molecule has 1 rings (SSSR count). The molecule has 0 unspecified atom stereocenters. The van der Waals surface area contributed by atoms with E-state index in [1.807, 2.05) is 0 Å². The largest absolute Gasteiger partial charge is 1.00 e. The van der Waals surface area contributed by atoms with E-state index >= 15 is 0 Å². The molecule has 1 aromatic rings. The molecule has 0 atom stereocenters. The van der Waals surface area contributed by atoms with Crippen molar-refractivity contribution in [2.75, 3.05) is 6.61 Å². The van der Waals surface area contributed by atoms with Crippen molar-refractivity contribution in [2.45, 2.75) is 20.4 Å². The van der Waals surface area contributed by atoms with Gasteiger partial charge in [-0.1, -0.05) is 0 Å². The third kappa shape index (κ3) is 3.12. The standard InChI is InChI=1S/C11H14NO3.ClH/c1-8(14)10-4-3-5-11(9(2)15)12(10)6-7-13;/h3-5,13H,6-7H2,1-2H3;1H/q+1;/p-1. The Hall–Kier alpha value is -1.26. The van der Waals surface area contributed by atoms with Gasteiger partial charge in [0.05, 0.1) is 0 Å². The molecule has 0 aromatic carbocycles. The topological polar surface area (TPSA) is 58.2 Å². The first-order valence-corrected chi connectivity index (χ1v) is 4.73. The summed E-state index contributed by atoms with van der Waals surface area (Å²) in [7, 11) is 0. The van der Waals surface area contributed by atoms with Gasteiger partial charge in [-0.05, 0) is 6.07 Å². The zero-order chi connectivity index (χ0) is 11.4. The van der Waals surface area contributed by atoms with Crippen LogP contribution in [0.2, 0.25) is 0 Å². The Morgan fingerprint density at radius 2 is 1.62 bits per heavy atom. The summed E-state index contributed by atoms with van der Waals surface area (Å²) in [5.41, 5.74) is 0.883. The summed E-state index contributed by atoms with van der Waals surface area (Å²) in [4.78, 5) is 22.6. The van der Waals surface area contributed by atoms with Crippen molar-refractivity contribution in [1.29, 1.82) is 0 Å². The van der Waals surface area contributed by atoms with Gasteiger partial charge in [-0.15, -0.1) is 0 Å². The minimum Gasteiger partial charge on any atom is -1.00 e. The highest BCUT2D eigenvalue weighted by molar-refractivity contribution is 5.93. The number of Topliss-reactive ketones (excluding diaryl/α,β-unsaturated/α-hetero) is 2. The maximum atomic E-state index is 11.3. The third-order valence-corrected chi connectivity index (χ3v) is 2.13. The summed E-state index contributed by atoms with van der Waals surface area (Å²) in [6.07, 6.45) is 0.